The molecule has 4 atom stereocenters. The summed E-state index contributed by atoms with van der Waals surface area (Å²) in [7, 11) is 0. The number of halogens is 2. The van der Waals surface area contributed by atoms with E-state index in [1.807, 2.05) is 13.8 Å². The molecule has 0 radical (unpaired) electrons. The fourth-order valence-electron chi connectivity index (χ4n) is 4.12. The first kappa shape index (κ1) is 19.2. The van der Waals surface area contributed by atoms with Gasteiger partial charge in [0.15, 0.2) is 0 Å². The van der Waals surface area contributed by atoms with Gasteiger partial charge in [-0.05, 0) is 31.9 Å². The fraction of sp³-hybridized carbons (Fsp3) is 0.632. The zero-order chi connectivity index (χ0) is 18.8. The van der Waals surface area contributed by atoms with Crippen molar-refractivity contribution < 1.29 is 23.4 Å². The number of hydrogen-bond acceptors (Lipinski definition) is 4. The number of nitrogens with zero attached hydrogens (tertiary/aromatic N) is 2. The van der Waals surface area contributed by atoms with Crippen molar-refractivity contribution in [2.24, 2.45) is 11.8 Å². The zero-order valence-corrected chi connectivity index (χ0v) is 15.2. The van der Waals surface area contributed by atoms with E-state index >= 15 is 0 Å². The molecule has 1 amide bonds. The van der Waals surface area contributed by atoms with Crippen LogP contribution in [-0.4, -0.2) is 72.4 Å². The molecule has 0 aromatic heterocycles. The molecule has 2 aliphatic rings. The summed E-state index contributed by atoms with van der Waals surface area (Å²) in [5, 5.41) is 9.73. The summed E-state index contributed by atoms with van der Waals surface area (Å²) in [6.07, 6.45) is 0.303. The molecule has 144 valence electrons. The summed E-state index contributed by atoms with van der Waals surface area (Å²) in [4.78, 5) is 16.5. The number of aliphatic hydroxyl groups is 1. The maximum Gasteiger partial charge on any atom is 0.256 e. The van der Waals surface area contributed by atoms with Crippen LogP contribution in [0, 0.1) is 23.5 Å². The fourth-order valence-corrected chi connectivity index (χ4v) is 4.12. The van der Waals surface area contributed by atoms with Crippen molar-refractivity contribution in [3.8, 4) is 0 Å². The highest BCUT2D eigenvalue weighted by atomic mass is 19.1. The van der Waals surface area contributed by atoms with Crippen molar-refractivity contribution in [2.45, 2.75) is 26.1 Å². The number of carbonyl (C=O) groups is 1. The van der Waals surface area contributed by atoms with Crippen molar-refractivity contribution in [3.05, 3.63) is 35.4 Å². The molecule has 1 N–H and O–H groups in total. The number of amides is 1. The summed E-state index contributed by atoms with van der Waals surface area (Å²) in [6.45, 7) is 7.29. The van der Waals surface area contributed by atoms with Gasteiger partial charge in [-0.25, -0.2) is 8.78 Å². The van der Waals surface area contributed by atoms with Gasteiger partial charge in [-0.1, -0.05) is 0 Å². The van der Waals surface area contributed by atoms with E-state index in [9.17, 15) is 18.7 Å². The Hall–Kier alpha value is -1.57. The average Bonchev–Trinajstić information content (AvgIpc) is 2.96. The van der Waals surface area contributed by atoms with Crippen LogP contribution in [0.2, 0.25) is 0 Å². The second-order valence-electron chi connectivity index (χ2n) is 7.51. The maximum atomic E-state index is 13.9. The molecule has 7 heteroatoms. The molecule has 2 heterocycles. The molecular formula is C19H26F2N2O3. The first-order valence-electron chi connectivity index (χ1n) is 9.10. The van der Waals surface area contributed by atoms with Crippen LogP contribution in [-0.2, 0) is 4.74 Å². The van der Waals surface area contributed by atoms with E-state index in [-0.39, 0.29) is 36.2 Å². The van der Waals surface area contributed by atoms with Gasteiger partial charge in [0.05, 0.1) is 17.8 Å². The minimum Gasteiger partial charge on any atom is -0.396 e. The predicted octanol–water partition coefficient (Wildman–Crippen LogP) is 1.75. The van der Waals surface area contributed by atoms with Gasteiger partial charge in [0.2, 0.25) is 0 Å². The van der Waals surface area contributed by atoms with Crippen LogP contribution in [0.3, 0.4) is 0 Å². The van der Waals surface area contributed by atoms with Crippen molar-refractivity contribution in [2.75, 3.05) is 39.3 Å². The zero-order valence-electron chi connectivity index (χ0n) is 15.2. The highest BCUT2D eigenvalue weighted by Crippen LogP contribution is 2.27. The van der Waals surface area contributed by atoms with Crippen LogP contribution in [0.1, 0.15) is 24.2 Å². The molecular weight excluding hydrogens is 342 g/mol. The van der Waals surface area contributed by atoms with Gasteiger partial charge in [0, 0.05) is 51.3 Å². The van der Waals surface area contributed by atoms with Crippen molar-refractivity contribution in [3.63, 3.8) is 0 Å². The first-order valence-corrected chi connectivity index (χ1v) is 9.10. The van der Waals surface area contributed by atoms with Crippen LogP contribution in [0.4, 0.5) is 8.78 Å². The molecule has 2 saturated heterocycles. The number of benzene rings is 1. The molecule has 2 aliphatic heterocycles. The SMILES string of the molecule is C[C@@H]1CN(C[C@H]2CN(C(=O)c3ccc(F)cc3F)C[C@H]2CO)C[C@H](C)O1. The lowest BCUT2D eigenvalue weighted by molar-refractivity contribution is -0.0726. The lowest BCUT2D eigenvalue weighted by Crippen LogP contribution is -2.48. The van der Waals surface area contributed by atoms with E-state index in [1.54, 1.807) is 4.90 Å². The van der Waals surface area contributed by atoms with Gasteiger partial charge in [-0.15, -0.1) is 0 Å². The third-order valence-corrected chi connectivity index (χ3v) is 5.25. The minimum absolute atomic E-state index is 0.0181. The van der Waals surface area contributed by atoms with Crippen molar-refractivity contribution in [1.82, 2.24) is 9.80 Å². The Morgan fingerprint density at radius 3 is 2.42 bits per heavy atom. The van der Waals surface area contributed by atoms with Gasteiger partial charge >= 0.3 is 0 Å². The third-order valence-electron chi connectivity index (χ3n) is 5.25. The Labute approximate surface area is 152 Å². The number of carbonyl (C=O) groups excluding carboxylic acids is 1. The number of rotatable bonds is 4. The van der Waals surface area contributed by atoms with E-state index in [0.717, 1.165) is 31.8 Å². The van der Waals surface area contributed by atoms with Gasteiger partial charge in [-0.3, -0.25) is 9.69 Å². The Balaban J connectivity index is 1.67. The Kier molecular flexibility index (Phi) is 5.89. The number of morpholine rings is 1. The summed E-state index contributed by atoms with van der Waals surface area (Å²) in [6, 6.07) is 2.99. The van der Waals surface area contributed by atoms with E-state index in [1.165, 1.54) is 6.07 Å². The monoisotopic (exact) mass is 368 g/mol. The van der Waals surface area contributed by atoms with Gasteiger partial charge in [-0.2, -0.15) is 0 Å². The van der Waals surface area contributed by atoms with E-state index in [2.05, 4.69) is 4.90 Å². The van der Waals surface area contributed by atoms with Crippen LogP contribution < -0.4 is 0 Å². The highest BCUT2D eigenvalue weighted by molar-refractivity contribution is 5.94. The molecule has 1 aromatic rings. The molecule has 1 aromatic carbocycles. The normalized spacial score (nSPS) is 30.0. The van der Waals surface area contributed by atoms with Gasteiger partial charge in [0.1, 0.15) is 11.6 Å². The van der Waals surface area contributed by atoms with E-state index < -0.39 is 17.5 Å². The van der Waals surface area contributed by atoms with Crippen LogP contribution in [0.25, 0.3) is 0 Å². The molecule has 26 heavy (non-hydrogen) atoms. The van der Waals surface area contributed by atoms with E-state index in [0.29, 0.717) is 13.1 Å². The summed E-state index contributed by atoms with van der Waals surface area (Å²) >= 11 is 0. The van der Waals surface area contributed by atoms with Crippen molar-refractivity contribution in [1.29, 1.82) is 0 Å². The van der Waals surface area contributed by atoms with Crippen LogP contribution in [0.15, 0.2) is 18.2 Å². The Morgan fingerprint density at radius 1 is 1.15 bits per heavy atom. The quantitative estimate of drug-likeness (QED) is 0.880. The Bertz CT molecular complexity index is 648. The standard InChI is InChI=1S/C19H26F2N2O3/c1-12-6-22(7-13(2)26-12)8-14-9-23(10-15(14)11-24)19(25)17-4-3-16(20)5-18(17)21/h3-5,12-15,24H,6-11H2,1-2H3/t12-,13+,14-,15-/m0/s1. The largest absolute Gasteiger partial charge is 0.396 e. The molecule has 0 bridgehead atoms. The topological polar surface area (TPSA) is 53.0 Å². The number of ether oxygens (including phenoxy) is 1. The number of likely N-dealkylation sites (tertiary alicyclic amines) is 1. The maximum absolute atomic E-state index is 13.9. The molecule has 5 nitrogen and oxygen atoms in total. The van der Waals surface area contributed by atoms with Crippen LogP contribution >= 0.6 is 0 Å². The van der Waals surface area contributed by atoms with Crippen molar-refractivity contribution >= 4 is 5.91 Å². The predicted molar refractivity (Wildman–Crippen MR) is 92.8 cm³/mol. The minimum atomic E-state index is -0.852. The smallest absolute Gasteiger partial charge is 0.256 e. The number of aliphatic hydroxyl groups excluding tert-OH is 1. The lowest BCUT2D eigenvalue weighted by atomic mass is 9.96. The molecule has 0 aliphatic carbocycles. The molecule has 0 unspecified atom stereocenters. The highest BCUT2D eigenvalue weighted by Gasteiger charge is 2.37. The third kappa shape index (κ3) is 4.22. The number of hydrogen-bond donors (Lipinski definition) is 1. The lowest BCUT2D eigenvalue weighted by Gasteiger charge is -2.37. The molecule has 0 saturated carbocycles. The summed E-state index contributed by atoms with van der Waals surface area (Å²) < 4.78 is 32.8. The Morgan fingerprint density at radius 2 is 1.81 bits per heavy atom. The van der Waals surface area contributed by atoms with Crippen LogP contribution in [0.5, 0.6) is 0 Å². The van der Waals surface area contributed by atoms with Gasteiger partial charge < -0.3 is 14.7 Å². The van der Waals surface area contributed by atoms with E-state index in [4.69, 9.17) is 4.74 Å². The summed E-state index contributed by atoms with van der Waals surface area (Å²) in [5.74, 6) is -1.94. The second-order valence-corrected chi connectivity index (χ2v) is 7.51. The second kappa shape index (κ2) is 7.98. The first-order chi connectivity index (χ1) is 12.4. The average molecular weight is 368 g/mol. The molecule has 0 spiro atoms. The summed E-state index contributed by atoms with van der Waals surface area (Å²) in [5.41, 5.74) is -0.127. The van der Waals surface area contributed by atoms with Gasteiger partial charge in [0.25, 0.3) is 5.91 Å². The molecule has 2 fully saturated rings. The molecule has 3 rings (SSSR count).